The summed E-state index contributed by atoms with van der Waals surface area (Å²) in [4.78, 5) is 12.8. The number of hydrogen-bond donors (Lipinski definition) is 0. The van der Waals surface area contributed by atoms with Crippen LogP contribution in [0, 0.1) is 0 Å². The van der Waals surface area contributed by atoms with Gasteiger partial charge in [0.2, 0.25) is 0 Å². The minimum atomic E-state index is -0.170. The minimum absolute atomic E-state index is 0.170. The van der Waals surface area contributed by atoms with Crippen LogP contribution in [0.15, 0.2) is 29.1 Å². The molecular formula is C16H15Cl3N4O2. The maximum atomic E-state index is 12.8. The number of nitrogens with zero attached hydrogens (tertiary/aromatic N) is 4. The SMILES string of the molecule is O=C(C1=C(Cl)CCCC1)c1ccc(Cl)c(OCCn2cnnn2)c1Cl. The third-order valence-electron chi connectivity index (χ3n) is 3.93. The quantitative estimate of drug-likeness (QED) is 0.675. The van der Waals surface area contributed by atoms with Gasteiger partial charge in [0.15, 0.2) is 11.5 Å². The lowest BCUT2D eigenvalue weighted by atomic mass is 9.92. The normalized spacial score (nSPS) is 14.7. The minimum Gasteiger partial charge on any atom is -0.488 e. The molecule has 1 aromatic carbocycles. The Kier molecular flexibility index (Phi) is 5.93. The molecule has 3 rings (SSSR count). The molecule has 0 atom stereocenters. The topological polar surface area (TPSA) is 69.9 Å². The number of allylic oxidation sites excluding steroid dienone is 2. The molecule has 6 nitrogen and oxygen atoms in total. The average molecular weight is 402 g/mol. The van der Waals surface area contributed by atoms with Crippen molar-refractivity contribution in [3.8, 4) is 5.75 Å². The van der Waals surface area contributed by atoms with Crippen LogP contribution in [0.25, 0.3) is 0 Å². The summed E-state index contributed by atoms with van der Waals surface area (Å²) in [5.41, 5.74) is 0.968. The molecule has 0 amide bonds. The van der Waals surface area contributed by atoms with Crippen LogP contribution in [0.1, 0.15) is 36.0 Å². The number of carbonyl (C=O) groups is 1. The van der Waals surface area contributed by atoms with Gasteiger partial charge in [-0.1, -0.05) is 34.8 Å². The van der Waals surface area contributed by atoms with Gasteiger partial charge in [0.25, 0.3) is 0 Å². The number of ketones is 1. The van der Waals surface area contributed by atoms with Crippen molar-refractivity contribution in [2.45, 2.75) is 32.2 Å². The van der Waals surface area contributed by atoms with Crippen LogP contribution in [0.2, 0.25) is 10.0 Å². The predicted molar refractivity (Wildman–Crippen MR) is 95.5 cm³/mol. The molecule has 0 N–H and O–H groups in total. The maximum absolute atomic E-state index is 12.8. The zero-order valence-corrected chi connectivity index (χ0v) is 15.5. The molecule has 0 bridgehead atoms. The van der Waals surface area contributed by atoms with Crippen LogP contribution in [0.3, 0.4) is 0 Å². The Balaban J connectivity index is 1.80. The van der Waals surface area contributed by atoms with Gasteiger partial charge in [-0.25, -0.2) is 4.68 Å². The average Bonchev–Trinajstić information content (AvgIpc) is 3.11. The van der Waals surface area contributed by atoms with Crippen LogP contribution in [0.5, 0.6) is 5.75 Å². The van der Waals surface area contributed by atoms with Gasteiger partial charge in [0, 0.05) is 16.2 Å². The van der Waals surface area contributed by atoms with Gasteiger partial charge in [-0.3, -0.25) is 4.79 Å². The Bertz CT molecular complexity index is 806. The largest absolute Gasteiger partial charge is 0.488 e. The first-order chi connectivity index (χ1) is 12.1. The molecule has 0 unspecified atom stereocenters. The summed E-state index contributed by atoms with van der Waals surface area (Å²) in [5.74, 6) is 0.103. The standard InChI is InChI=1S/C16H15Cl3N4O2/c17-12-4-2-1-3-10(12)15(24)11-5-6-13(18)16(14(11)19)25-8-7-23-9-20-21-22-23/h5-6,9H,1-4,7-8H2. The third kappa shape index (κ3) is 4.14. The van der Waals surface area contributed by atoms with Crippen molar-refractivity contribution in [1.29, 1.82) is 0 Å². The smallest absolute Gasteiger partial charge is 0.191 e. The van der Waals surface area contributed by atoms with E-state index in [4.69, 9.17) is 39.5 Å². The van der Waals surface area contributed by atoms with Crippen LogP contribution in [-0.4, -0.2) is 32.6 Å². The molecular weight excluding hydrogens is 387 g/mol. The number of carbonyl (C=O) groups excluding carboxylic acids is 1. The molecule has 1 aliphatic carbocycles. The molecule has 9 heteroatoms. The predicted octanol–water partition coefficient (Wildman–Crippen LogP) is 4.31. The lowest BCUT2D eigenvalue weighted by molar-refractivity contribution is 0.102. The van der Waals surface area contributed by atoms with Crippen molar-refractivity contribution in [3.63, 3.8) is 0 Å². The molecule has 1 aliphatic rings. The van der Waals surface area contributed by atoms with E-state index in [1.807, 2.05) is 0 Å². The van der Waals surface area contributed by atoms with Gasteiger partial charge in [-0.05, 0) is 48.2 Å². The van der Waals surface area contributed by atoms with E-state index in [2.05, 4.69) is 15.5 Å². The summed E-state index contributed by atoms with van der Waals surface area (Å²) in [6, 6.07) is 3.21. The number of tetrazole rings is 1. The fourth-order valence-electron chi connectivity index (χ4n) is 2.63. The van der Waals surface area contributed by atoms with Crippen LogP contribution in [0.4, 0.5) is 0 Å². The number of rotatable bonds is 6. The number of ether oxygens (including phenoxy) is 1. The van der Waals surface area contributed by atoms with Gasteiger partial charge >= 0.3 is 0 Å². The van der Waals surface area contributed by atoms with Crippen molar-refractivity contribution in [1.82, 2.24) is 20.2 Å². The second kappa shape index (κ2) is 8.17. The first-order valence-corrected chi connectivity index (χ1v) is 8.95. The zero-order valence-electron chi connectivity index (χ0n) is 13.2. The van der Waals surface area contributed by atoms with E-state index in [1.54, 1.807) is 12.1 Å². The number of aromatic nitrogens is 4. The molecule has 0 spiro atoms. The molecule has 0 saturated carbocycles. The molecule has 1 aromatic heterocycles. The Morgan fingerprint density at radius 2 is 2.00 bits per heavy atom. The van der Waals surface area contributed by atoms with E-state index < -0.39 is 0 Å². The summed E-state index contributed by atoms with van der Waals surface area (Å²) in [7, 11) is 0. The second-order valence-electron chi connectivity index (χ2n) is 5.58. The summed E-state index contributed by atoms with van der Waals surface area (Å²) in [5, 5.41) is 12.0. The Hall–Kier alpha value is -1.63. The Morgan fingerprint density at radius 1 is 1.20 bits per heavy atom. The summed E-state index contributed by atoms with van der Waals surface area (Å²) in [6.07, 6.45) is 4.80. The van der Waals surface area contributed by atoms with Crippen molar-refractivity contribution >= 4 is 40.6 Å². The summed E-state index contributed by atoms with van der Waals surface area (Å²) >= 11 is 18.8. The first-order valence-electron chi connectivity index (χ1n) is 7.81. The highest BCUT2D eigenvalue weighted by molar-refractivity contribution is 6.40. The van der Waals surface area contributed by atoms with E-state index in [-0.39, 0.29) is 23.2 Å². The van der Waals surface area contributed by atoms with Crippen LogP contribution in [-0.2, 0) is 6.54 Å². The molecule has 1 heterocycles. The highest BCUT2D eigenvalue weighted by Crippen LogP contribution is 2.38. The number of benzene rings is 1. The number of hydrogen-bond acceptors (Lipinski definition) is 5. The highest BCUT2D eigenvalue weighted by atomic mass is 35.5. The maximum Gasteiger partial charge on any atom is 0.191 e. The van der Waals surface area contributed by atoms with Gasteiger partial charge in [0.1, 0.15) is 12.9 Å². The van der Waals surface area contributed by atoms with Crippen LogP contribution >= 0.6 is 34.8 Å². The fourth-order valence-corrected chi connectivity index (χ4v) is 3.51. The van der Waals surface area contributed by atoms with Gasteiger partial charge in [-0.2, -0.15) is 0 Å². The lowest BCUT2D eigenvalue weighted by Crippen LogP contribution is -2.12. The number of Topliss-reactive ketones (excluding diaryl/α,β-unsaturated/α-hetero) is 1. The van der Waals surface area contributed by atoms with E-state index in [0.717, 1.165) is 19.3 Å². The van der Waals surface area contributed by atoms with Gasteiger partial charge in [-0.15, -0.1) is 5.10 Å². The van der Waals surface area contributed by atoms with Crippen LogP contribution < -0.4 is 4.74 Å². The molecule has 132 valence electrons. The molecule has 0 radical (unpaired) electrons. The van der Waals surface area contributed by atoms with Gasteiger partial charge < -0.3 is 4.74 Å². The van der Waals surface area contributed by atoms with Crippen molar-refractivity contribution in [2.24, 2.45) is 0 Å². The van der Waals surface area contributed by atoms with Gasteiger partial charge in [0.05, 0.1) is 16.6 Å². The molecule has 0 aliphatic heterocycles. The fraction of sp³-hybridized carbons (Fsp3) is 0.375. The van der Waals surface area contributed by atoms with Crippen molar-refractivity contribution < 1.29 is 9.53 Å². The Morgan fingerprint density at radius 3 is 2.72 bits per heavy atom. The van der Waals surface area contributed by atoms with Crippen molar-refractivity contribution in [2.75, 3.05) is 6.61 Å². The molecule has 0 saturated heterocycles. The van der Waals surface area contributed by atoms with E-state index >= 15 is 0 Å². The van der Waals surface area contributed by atoms with Crippen molar-refractivity contribution in [3.05, 3.63) is 44.7 Å². The number of halogens is 3. The second-order valence-corrected chi connectivity index (χ2v) is 6.82. The lowest BCUT2D eigenvalue weighted by Gasteiger charge is -2.17. The van der Waals surface area contributed by atoms with E-state index in [9.17, 15) is 4.79 Å². The zero-order chi connectivity index (χ0) is 17.8. The first kappa shape index (κ1) is 18.2. The monoisotopic (exact) mass is 400 g/mol. The highest BCUT2D eigenvalue weighted by Gasteiger charge is 2.24. The van der Waals surface area contributed by atoms with E-state index in [1.165, 1.54) is 11.0 Å². The summed E-state index contributed by atoms with van der Waals surface area (Å²) in [6.45, 7) is 0.681. The molecule has 2 aromatic rings. The Labute approximate surface area is 159 Å². The van der Waals surface area contributed by atoms with E-state index in [0.29, 0.717) is 34.2 Å². The molecule has 0 fully saturated rings. The third-order valence-corrected chi connectivity index (χ3v) is 5.02. The molecule has 25 heavy (non-hydrogen) atoms. The summed E-state index contributed by atoms with van der Waals surface area (Å²) < 4.78 is 7.18.